The third-order valence-electron chi connectivity index (χ3n) is 4.91. The van der Waals surface area contributed by atoms with Crippen molar-refractivity contribution in [3.8, 4) is 0 Å². The van der Waals surface area contributed by atoms with Crippen LogP contribution in [0, 0.1) is 12.8 Å². The van der Waals surface area contributed by atoms with Gasteiger partial charge in [0.05, 0.1) is 12.3 Å². The maximum atomic E-state index is 12.7. The molecule has 1 aliphatic carbocycles. The van der Waals surface area contributed by atoms with Gasteiger partial charge < -0.3 is 9.74 Å². The SMILES string of the molecule is C=CCN(C[C@@H]1CC(c2ccc(C)cc2)=NO1)C(=O)C1CCCC1. The zero-order valence-electron chi connectivity index (χ0n) is 14.4. The molecule has 0 N–H and O–H groups in total. The summed E-state index contributed by atoms with van der Waals surface area (Å²) in [5.41, 5.74) is 3.29. The molecule has 24 heavy (non-hydrogen) atoms. The lowest BCUT2D eigenvalue weighted by Gasteiger charge is -2.26. The third kappa shape index (κ3) is 3.86. The molecule has 128 valence electrons. The van der Waals surface area contributed by atoms with Gasteiger partial charge in [0.15, 0.2) is 6.10 Å². The first-order valence-corrected chi connectivity index (χ1v) is 8.87. The van der Waals surface area contributed by atoms with Crippen molar-refractivity contribution in [2.24, 2.45) is 11.1 Å². The zero-order valence-corrected chi connectivity index (χ0v) is 14.4. The summed E-state index contributed by atoms with van der Waals surface area (Å²) in [6, 6.07) is 8.31. The fourth-order valence-electron chi connectivity index (χ4n) is 3.53. The maximum Gasteiger partial charge on any atom is 0.226 e. The molecular formula is C20H26N2O2. The molecule has 0 saturated heterocycles. The smallest absolute Gasteiger partial charge is 0.226 e. The van der Waals surface area contributed by atoms with E-state index in [0.717, 1.165) is 30.5 Å². The molecule has 1 heterocycles. The first kappa shape index (κ1) is 16.7. The summed E-state index contributed by atoms with van der Waals surface area (Å²) in [6.07, 6.45) is 6.84. The number of rotatable bonds is 6. The number of carbonyl (C=O) groups is 1. The van der Waals surface area contributed by atoms with Gasteiger partial charge in [0.2, 0.25) is 5.91 Å². The van der Waals surface area contributed by atoms with Crippen LogP contribution in [0.2, 0.25) is 0 Å². The van der Waals surface area contributed by atoms with Gasteiger partial charge in [-0.3, -0.25) is 4.79 Å². The Morgan fingerprint density at radius 1 is 1.33 bits per heavy atom. The molecule has 1 amide bonds. The van der Waals surface area contributed by atoms with Crippen molar-refractivity contribution in [1.82, 2.24) is 4.90 Å². The van der Waals surface area contributed by atoms with Gasteiger partial charge in [-0.1, -0.05) is 53.9 Å². The maximum absolute atomic E-state index is 12.7. The quantitative estimate of drug-likeness (QED) is 0.748. The predicted molar refractivity (Wildman–Crippen MR) is 95.9 cm³/mol. The van der Waals surface area contributed by atoms with E-state index in [0.29, 0.717) is 13.1 Å². The highest BCUT2D eigenvalue weighted by molar-refractivity contribution is 6.01. The van der Waals surface area contributed by atoms with Crippen LogP contribution in [0.1, 0.15) is 43.2 Å². The van der Waals surface area contributed by atoms with Gasteiger partial charge in [-0.2, -0.15) is 0 Å². The standard InChI is InChI=1S/C20H26N2O2/c1-3-12-22(20(23)17-6-4-5-7-17)14-18-13-19(21-24-18)16-10-8-15(2)9-11-16/h3,8-11,17-18H,1,4-7,12-14H2,2H3/t18-/m0/s1. The van der Waals surface area contributed by atoms with Gasteiger partial charge in [0.25, 0.3) is 0 Å². The second-order valence-corrected chi connectivity index (χ2v) is 6.85. The Kier molecular flexibility index (Phi) is 5.34. The minimum absolute atomic E-state index is 0.0633. The highest BCUT2D eigenvalue weighted by Gasteiger charge is 2.30. The Labute approximate surface area is 144 Å². The molecule has 1 saturated carbocycles. The number of benzene rings is 1. The summed E-state index contributed by atoms with van der Waals surface area (Å²) in [7, 11) is 0. The normalized spacial score (nSPS) is 20.5. The second kappa shape index (κ2) is 7.65. The van der Waals surface area contributed by atoms with E-state index in [-0.39, 0.29) is 17.9 Å². The van der Waals surface area contributed by atoms with Crippen molar-refractivity contribution >= 4 is 11.6 Å². The summed E-state index contributed by atoms with van der Waals surface area (Å²) in [6.45, 7) is 7.02. The molecular weight excluding hydrogens is 300 g/mol. The molecule has 2 aliphatic rings. The van der Waals surface area contributed by atoms with E-state index in [2.05, 4.69) is 42.9 Å². The monoisotopic (exact) mass is 326 g/mol. The Morgan fingerprint density at radius 3 is 2.71 bits per heavy atom. The van der Waals surface area contributed by atoms with Gasteiger partial charge in [0.1, 0.15) is 0 Å². The minimum Gasteiger partial charge on any atom is -0.390 e. The molecule has 3 rings (SSSR count). The van der Waals surface area contributed by atoms with Crippen molar-refractivity contribution in [2.75, 3.05) is 13.1 Å². The van der Waals surface area contributed by atoms with E-state index in [1.165, 1.54) is 18.4 Å². The van der Waals surface area contributed by atoms with Gasteiger partial charge >= 0.3 is 0 Å². The van der Waals surface area contributed by atoms with Crippen molar-refractivity contribution in [2.45, 2.75) is 45.1 Å². The van der Waals surface area contributed by atoms with E-state index in [9.17, 15) is 4.79 Å². The van der Waals surface area contributed by atoms with Crippen LogP contribution in [0.25, 0.3) is 0 Å². The van der Waals surface area contributed by atoms with Crippen LogP contribution in [0.5, 0.6) is 0 Å². The number of oxime groups is 1. The Bertz CT molecular complexity index is 615. The Balaban J connectivity index is 1.59. The molecule has 0 bridgehead atoms. The topological polar surface area (TPSA) is 41.9 Å². The van der Waals surface area contributed by atoms with Crippen molar-refractivity contribution in [3.63, 3.8) is 0 Å². The van der Waals surface area contributed by atoms with Gasteiger partial charge in [-0.25, -0.2) is 0 Å². The highest BCUT2D eigenvalue weighted by atomic mass is 16.6. The van der Waals surface area contributed by atoms with Crippen LogP contribution in [-0.2, 0) is 9.63 Å². The van der Waals surface area contributed by atoms with Crippen LogP contribution in [0.4, 0.5) is 0 Å². The number of carbonyl (C=O) groups excluding carboxylic acids is 1. The number of nitrogens with zero attached hydrogens (tertiary/aromatic N) is 2. The zero-order chi connectivity index (χ0) is 16.9. The predicted octanol–water partition coefficient (Wildman–Crippen LogP) is 3.69. The van der Waals surface area contributed by atoms with Crippen LogP contribution in [0.15, 0.2) is 42.1 Å². The van der Waals surface area contributed by atoms with Crippen molar-refractivity contribution < 1.29 is 9.63 Å². The number of hydrogen-bond donors (Lipinski definition) is 0. The highest BCUT2D eigenvalue weighted by Crippen LogP contribution is 2.27. The average molecular weight is 326 g/mol. The lowest BCUT2D eigenvalue weighted by molar-refractivity contribution is -0.136. The van der Waals surface area contributed by atoms with E-state index >= 15 is 0 Å². The van der Waals surface area contributed by atoms with E-state index < -0.39 is 0 Å². The summed E-state index contributed by atoms with van der Waals surface area (Å²) in [4.78, 5) is 20.2. The molecule has 0 aromatic heterocycles. The lowest BCUT2D eigenvalue weighted by Crippen LogP contribution is -2.40. The summed E-state index contributed by atoms with van der Waals surface area (Å²) >= 11 is 0. The largest absolute Gasteiger partial charge is 0.390 e. The summed E-state index contributed by atoms with van der Waals surface area (Å²) in [5.74, 6) is 0.434. The minimum atomic E-state index is -0.0633. The Hall–Kier alpha value is -2.10. The number of hydrogen-bond acceptors (Lipinski definition) is 3. The molecule has 1 aromatic carbocycles. The fourth-order valence-corrected chi connectivity index (χ4v) is 3.53. The van der Waals surface area contributed by atoms with Crippen molar-refractivity contribution in [3.05, 3.63) is 48.0 Å². The van der Waals surface area contributed by atoms with E-state index in [1.54, 1.807) is 6.08 Å². The van der Waals surface area contributed by atoms with Crippen LogP contribution in [-0.4, -0.2) is 35.7 Å². The average Bonchev–Trinajstić information content (AvgIpc) is 3.26. The number of amides is 1. The molecule has 0 unspecified atom stereocenters. The van der Waals surface area contributed by atoms with Crippen LogP contribution >= 0.6 is 0 Å². The Morgan fingerprint density at radius 2 is 2.04 bits per heavy atom. The molecule has 0 spiro atoms. The van der Waals surface area contributed by atoms with Crippen LogP contribution in [0.3, 0.4) is 0 Å². The second-order valence-electron chi connectivity index (χ2n) is 6.85. The van der Waals surface area contributed by atoms with Crippen molar-refractivity contribution in [1.29, 1.82) is 0 Å². The molecule has 1 atom stereocenters. The molecule has 1 aliphatic heterocycles. The summed E-state index contributed by atoms with van der Waals surface area (Å²) < 4.78 is 0. The van der Waals surface area contributed by atoms with E-state index in [1.807, 2.05) is 4.90 Å². The number of aryl methyl sites for hydroxylation is 1. The molecule has 1 aromatic rings. The lowest BCUT2D eigenvalue weighted by atomic mass is 10.0. The summed E-state index contributed by atoms with van der Waals surface area (Å²) in [5, 5.41) is 4.24. The molecule has 1 fully saturated rings. The van der Waals surface area contributed by atoms with Gasteiger partial charge in [-0.05, 0) is 25.3 Å². The molecule has 0 radical (unpaired) electrons. The molecule has 4 nitrogen and oxygen atoms in total. The van der Waals surface area contributed by atoms with E-state index in [4.69, 9.17) is 4.84 Å². The van der Waals surface area contributed by atoms with Crippen LogP contribution < -0.4 is 0 Å². The van der Waals surface area contributed by atoms with Gasteiger partial charge in [-0.15, -0.1) is 6.58 Å². The van der Waals surface area contributed by atoms with Gasteiger partial charge in [0, 0.05) is 18.9 Å². The fraction of sp³-hybridized carbons (Fsp3) is 0.500. The third-order valence-corrected chi connectivity index (χ3v) is 4.91. The molecule has 4 heteroatoms. The first-order chi connectivity index (χ1) is 11.7. The first-order valence-electron chi connectivity index (χ1n) is 8.87.